The number of ether oxygens (including phenoxy) is 2. The van der Waals surface area contributed by atoms with Crippen molar-refractivity contribution in [3.05, 3.63) is 32.6 Å². The number of hydrogen-bond donors (Lipinski definition) is 0. The molecule has 7 heteroatoms. The monoisotopic (exact) mass is 323 g/mol. The second-order valence-electron chi connectivity index (χ2n) is 6.72. The van der Waals surface area contributed by atoms with Crippen molar-refractivity contribution in [2.45, 2.75) is 38.0 Å². The predicted molar refractivity (Wildman–Crippen MR) is 85.5 cm³/mol. The maximum atomic E-state index is 12.3. The van der Waals surface area contributed by atoms with E-state index in [1.807, 2.05) is 0 Å². The quantitative estimate of drug-likeness (QED) is 0.774. The molecule has 0 saturated carbocycles. The molecule has 0 bridgehead atoms. The van der Waals surface area contributed by atoms with Crippen LogP contribution < -0.4 is 11.2 Å². The number of morpholine rings is 1. The Morgan fingerprint density at radius 3 is 2.78 bits per heavy atom. The van der Waals surface area contributed by atoms with E-state index < -0.39 is 0 Å². The number of nitrogens with zero attached hydrogens (tertiary/aromatic N) is 3. The second-order valence-corrected chi connectivity index (χ2v) is 6.72. The van der Waals surface area contributed by atoms with Crippen LogP contribution in [0.4, 0.5) is 0 Å². The number of aryl methyl sites for hydroxylation is 1. The first kappa shape index (κ1) is 16.4. The molecule has 0 radical (unpaired) electrons. The molecule has 0 unspecified atom stereocenters. The fraction of sp³-hybridized carbons (Fsp3) is 0.750. The van der Waals surface area contributed by atoms with Crippen molar-refractivity contribution in [1.29, 1.82) is 0 Å². The third-order valence-corrected chi connectivity index (χ3v) is 4.82. The Labute approximate surface area is 135 Å². The molecular weight excluding hydrogens is 298 g/mol. The second kappa shape index (κ2) is 6.22. The summed E-state index contributed by atoms with van der Waals surface area (Å²) < 4.78 is 14.4. The van der Waals surface area contributed by atoms with Crippen molar-refractivity contribution in [1.82, 2.24) is 14.0 Å². The number of hydrogen-bond acceptors (Lipinski definition) is 5. The lowest BCUT2D eigenvalue weighted by molar-refractivity contribution is -0.156. The molecule has 0 amide bonds. The van der Waals surface area contributed by atoms with Gasteiger partial charge in [0.2, 0.25) is 0 Å². The van der Waals surface area contributed by atoms with Crippen LogP contribution in [0, 0.1) is 0 Å². The van der Waals surface area contributed by atoms with Gasteiger partial charge in [-0.15, -0.1) is 0 Å². The van der Waals surface area contributed by atoms with Crippen molar-refractivity contribution in [2.75, 3.05) is 26.3 Å². The molecule has 3 heterocycles. The maximum absolute atomic E-state index is 12.3. The summed E-state index contributed by atoms with van der Waals surface area (Å²) in [5.74, 6) is 0. The van der Waals surface area contributed by atoms with Gasteiger partial charge in [0, 0.05) is 58.5 Å². The van der Waals surface area contributed by atoms with Gasteiger partial charge in [-0.2, -0.15) is 0 Å². The van der Waals surface area contributed by atoms with Crippen LogP contribution in [0.3, 0.4) is 0 Å². The van der Waals surface area contributed by atoms with E-state index in [4.69, 9.17) is 9.47 Å². The molecular formula is C16H25N3O4. The van der Waals surface area contributed by atoms with Crippen LogP contribution in [-0.4, -0.2) is 52.0 Å². The Morgan fingerprint density at radius 1 is 1.35 bits per heavy atom. The van der Waals surface area contributed by atoms with Gasteiger partial charge in [-0.1, -0.05) is 6.92 Å². The van der Waals surface area contributed by atoms with Crippen molar-refractivity contribution in [3.8, 4) is 0 Å². The fourth-order valence-electron chi connectivity index (χ4n) is 3.56. The van der Waals surface area contributed by atoms with E-state index in [1.54, 1.807) is 13.2 Å². The van der Waals surface area contributed by atoms with Crippen molar-refractivity contribution in [3.63, 3.8) is 0 Å². The van der Waals surface area contributed by atoms with E-state index in [2.05, 4.69) is 11.8 Å². The van der Waals surface area contributed by atoms with Crippen LogP contribution in [0.25, 0.3) is 0 Å². The first-order valence-electron chi connectivity index (χ1n) is 8.17. The lowest BCUT2D eigenvalue weighted by Crippen LogP contribution is -2.56. The third kappa shape index (κ3) is 3.13. The summed E-state index contributed by atoms with van der Waals surface area (Å²) in [4.78, 5) is 26.4. The molecule has 1 aromatic heterocycles. The summed E-state index contributed by atoms with van der Waals surface area (Å²) in [5, 5.41) is 0. The smallest absolute Gasteiger partial charge is 0.330 e. The molecule has 2 atom stereocenters. The molecule has 1 aromatic rings. The highest BCUT2D eigenvalue weighted by molar-refractivity contribution is 5.07. The Kier molecular flexibility index (Phi) is 4.44. The molecule has 2 saturated heterocycles. The van der Waals surface area contributed by atoms with E-state index in [0.717, 1.165) is 32.5 Å². The Hall–Kier alpha value is -1.44. The average molecular weight is 323 g/mol. The maximum Gasteiger partial charge on any atom is 0.330 e. The minimum Gasteiger partial charge on any atom is -0.378 e. The topological polar surface area (TPSA) is 65.7 Å². The molecule has 3 rings (SSSR count). The summed E-state index contributed by atoms with van der Waals surface area (Å²) in [6, 6.07) is 0. The zero-order chi connectivity index (χ0) is 16.6. The predicted octanol–water partition coefficient (Wildman–Crippen LogP) is -0.146. The van der Waals surface area contributed by atoms with Gasteiger partial charge in [0.05, 0.1) is 12.7 Å². The largest absolute Gasteiger partial charge is 0.378 e. The standard InChI is InChI=1S/C16H25N3O4/c1-4-13-9-19(10-16(23-13)5-6-22-11-16)8-12-7-17(2)15(21)18(3)14(12)20/h7,13H,4-6,8-11H2,1-3H3/t13-,16-/m0/s1. The van der Waals surface area contributed by atoms with E-state index in [1.165, 1.54) is 16.2 Å². The van der Waals surface area contributed by atoms with Crippen molar-refractivity contribution in [2.24, 2.45) is 14.1 Å². The van der Waals surface area contributed by atoms with Gasteiger partial charge in [-0.05, 0) is 6.42 Å². The molecule has 23 heavy (non-hydrogen) atoms. The van der Waals surface area contributed by atoms with Crippen molar-refractivity contribution >= 4 is 0 Å². The molecule has 2 aliphatic rings. The Morgan fingerprint density at radius 2 is 2.13 bits per heavy atom. The zero-order valence-electron chi connectivity index (χ0n) is 14.1. The minimum atomic E-state index is -0.298. The van der Waals surface area contributed by atoms with Crippen LogP contribution in [0.1, 0.15) is 25.3 Å². The van der Waals surface area contributed by atoms with Crippen LogP contribution in [0.5, 0.6) is 0 Å². The summed E-state index contributed by atoms with van der Waals surface area (Å²) in [5.41, 5.74) is -0.122. The highest BCUT2D eigenvalue weighted by atomic mass is 16.6. The normalized spacial score (nSPS) is 28.6. The molecule has 0 aliphatic carbocycles. The summed E-state index contributed by atoms with van der Waals surface area (Å²) in [6.07, 6.45) is 3.63. The lowest BCUT2D eigenvalue weighted by atomic mass is 9.98. The summed E-state index contributed by atoms with van der Waals surface area (Å²) in [6.45, 7) is 5.54. The Bertz CT molecular complexity index is 688. The first-order valence-corrected chi connectivity index (χ1v) is 8.17. The van der Waals surface area contributed by atoms with Gasteiger partial charge >= 0.3 is 5.69 Å². The van der Waals surface area contributed by atoms with E-state index >= 15 is 0 Å². The molecule has 7 nitrogen and oxygen atoms in total. The highest BCUT2D eigenvalue weighted by Gasteiger charge is 2.43. The van der Waals surface area contributed by atoms with Crippen molar-refractivity contribution < 1.29 is 9.47 Å². The van der Waals surface area contributed by atoms with Crippen LogP contribution in [-0.2, 0) is 30.1 Å². The number of aromatic nitrogens is 2. The van der Waals surface area contributed by atoms with E-state index in [0.29, 0.717) is 18.7 Å². The van der Waals surface area contributed by atoms with Gasteiger partial charge in [-0.3, -0.25) is 14.3 Å². The lowest BCUT2D eigenvalue weighted by Gasteiger charge is -2.43. The van der Waals surface area contributed by atoms with Gasteiger partial charge in [-0.25, -0.2) is 4.79 Å². The molecule has 128 valence electrons. The molecule has 2 aliphatic heterocycles. The Balaban J connectivity index is 1.84. The molecule has 0 N–H and O–H groups in total. The minimum absolute atomic E-state index is 0.154. The molecule has 1 spiro atoms. The first-order chi connectivity index (χ1) is 10.9. The average Bonchev–Trinajstić information content (AvgIpc) is 2.97. The van der Waals surface area contributed by atoms with E-state index in [9.17, 15) is 9.59 Å². The van der Waals surface area contributed by atoms with Crippen LogP contribution in [0.2, 0.25) is 0 Å². The van der Waals surface area contributed by atoms with Crippen LogP contribution >= 0.6 is 0 Å². The van der Waals surface area contributed by atoms with Gasteiger partial charge in [0.1, 0.15) is 5.60 Å². The van der Waals surface area contributed by atoms with Gasteiger partial charge < -0.3 is 14.0 Å². The van der Waals surface area contributed by atoms with E-state index in [-0.39, 0.29) is 23.0 Å². The summed E-state index contributed by atoms with van der Waals surface area (Å²) >= 11 is 0. The van der Waals surface area contributed by atoms with Crippen LogP contribution in [0.15, 0.2) is 15.8 Å². The third-order valence-electron chi connectivity index (χ3n) is 4.82. The SMILES string of the molecule is CC[C@H]1CN(Cc2cn(C)c(=O)n(C)c2=O)C[C@]2(CCOC2)O1. The molecule has 2 fully saturated rings. The highest BCUT2D eigenvalue weighted by Crippen LogP contribution is 2.31. The molecule has 0 aromatic carbocycles. The van der Waals surface area contributed by atoms with Gasteiger partial charge in [0.15, 0.2) is 0 Å². The zero-order valence-corrected chi connectivity index (χ0v) is 14.1. The number of rotatable bonds is 3. The summed E-state index contributed by atoms with van der Waals surface area (Å²) in [7, 11) is 3.19. The van der Waals surface area contributed by atoms with Gasteiger partial charge in [0.25, 0.3) is 5.56 Å². The fourth-order valence-corrected chi connectivity index (χ4v) is 3.56.